The number of aliphatic hydroxyl groups excluding tert-OH is 1. The summed E-state index contributed by atoms with van der Waals surface area (Å²) in [5.41, 5.74) is 4.59. The van der Waals surface area contributed by atoms with Crippen molar-refractivity contribution in [2.24, 2.45) is 0 Å². The molecular formula is C27H31N5O2S. The van der Waals surface area contributed by atoms with Crippen LogP contribution in [0.4, 0.5) is 5.69 Å². The molecule has 2 aliphatic rings. The molecule has 1 aliphatic carbocycles. The smallest absolute Gasteiger partial charge is 0.213 e. The third-order valence-electron chi connectivity index (χ3n) is 7.43. The van der Waals surface area contributed by atoms with Gasteiger partial charge in [-0.05, 0) is 37.1 Å². The van der Waals surface area contributed by atoms with Gasteiger partial charge in [0.15, 0.2) is 6.29 Å². The topological polar surface area (TPSA) is 77.1 Å². The Morgan fingerprint density at radius 2 is 1.51 bits per heavy atom. The largest absolute Gasteiger partial charge is 0.369 e. The first-order valence-corrected chi connectivity index (χ1v) is 13.4. The van der Waals surface area contributed by atoms with E-state index >= 15 is 0 Å². The number of fused-ring (bicyclic) bond motifs is 1. The van der Waals surface area contributed by atoms with Crippen molar-refractivity contribution >= 4 is 22.0 Å². The van der Waals surface area contributed by atoms with Gasteiger partial charge in [0.1, 0.15) is 5.01 Å². The van der Waals surface area contributed by atoms with E-state index in [0.717, 1.165) is 45.9 Å². The summed E-state index contributed by atoms with van der Waals surface area (Å²) in [4.78, 5) is 10.8. The standard InChI is InChI=1S/C27H31N5O2S/c33-26(34)21-8-6-19(7-9-21)24-18-32-27(28-24)35-25(29-32)20-10-12-23(13-11-20)31-16-14-30(15-17-31)22-4-2-1-3-5-22/h6-13,18,22,26,33-34H,1-5,14-17H2. The van der Waals surface area contributed by atoms with Crippen LogP contribution in [0.2, 0.25) is 0 Å². The maximum Gasteiger partial charge on any atom is 0.213 e. The summed E-state index contributed by atoms with van der Waals surface area (Å²) in [7, 11) is 0. The second kappa shape index (κ2) is 9.70. The van der Waals surface area contributed by atoms with Crippen molar-refractivity contribution in [3.8, 4) is 21.8 Å². The minimum Gasteiger partial charge on any atom is -0.369 e. The first-order valence-electron chi connectivity index (χ1n) is 12.6. The van der Waals surface area contributed by atoms with Gasteiger partial charge in [-0.3, -0.25) is 4.90 Å². The lowest BCUT2D eigenvalue weighted by Gasteiger charge is -2.41. The molecule has 0 amide bonds. The van der Waals surface area contributed by atoms with Crippen LogP contribution in [0.3, 0.4) is 0 Å². The molecule has 1 saturated heterocycles. The number of benzene rings is 2. The fourth-order valence-electron chi connectivity index (χ4n) is 5.39. The lowest BCUT2D eigenvalue weighted by atomic mass is 9.94. The Balaban J connectivity index is 1.12. The molecular weight excluding hydrogens is 458 g/mol. The van der Waals surface area contributed by atoms with Gasteiger partial charge in [0.05, 0.1) is 11.9 Å². The Bertz CT molecular complexity index is 1240. The predicted octanol–water partition coefficient (Wildman–Crippen LogP) is 4.56. The van der Waals surface area contributed by atoms with Gasteiger partial charge in [-0.1, -0.05) is 54.9 Å². The van der Waals surface area contributed by atoms with E-state index in [4.69, 9.17) is 10.1 Å². The third-order valence-corrected chi connectivity index (χ3v) is 8.40. The first kappa shape index (κ1) is 22.7. The van der Waals surface area contributed by atoms with Crippen molar-refractivity contribution in [3.63, 3.8) is 0 Å². The molecule has 35 heavy (non-hydrogen) atoms. The number of piperazine rings is 1. The van der Waals surface area contributed by atoms with Crippen LogP contribution < -0.4 is 4.90 Å². The van der Waals surface area contributed by atoms with Crippen LogP contribution in [0.25, 0.3) is 26.8 Å². The zero-order chi connectivity index (χ0) is 23.8. The number of hydrogen-bond acceptors (Lipinski definition) is 7. The summed E-state index contributed by atoms with van der Waals surface area (Å²) in [6.45, 7) is 4.54. The average Bonchev–Trinajstić information content (AvgIpc) is 3.49. The van der Waals surface area contributed by atoms with Gasteiger partial charge in [0.25, 0.3) is 0 Å². The maximum atomic E-state index is 9.28. The van der Waals surface area contributed by atoms with Gasteiger partial charge in [-0.15, -0.1) is 0 Å². The van der Waals surface area contributed by atoms with E-state index in [0.29, 0.717) is 5.56 Å². The molecule has 0 bridgehead atoms. The van der Waals surface area contributed by atoms with Crippen LogP contribution >= 0.6 is 11.3 Å². The van der Waals surface area contributed by atoms with Gasteiger partial charge in [0.2, 0.25) is 4.96 Å². The van der Waals surface area contributed by atoms with Crippen LogP contribution in [-0.2, 0) is 0 Å². The Kier molecular flexibility index (Phi) is 6.28. The molecule has 0 unspecified atom stereocenters. The van der Waals surface area contributed by atoms with Crippen LogP contribution in [-0.4, -0.2) is 61.9 Å². The molecule has 7 nitrogen and oxygen atoms in total. The van der Waals surface area contributed by atoms with Crippen molar-refractivity contribution in [1.29, 1.82) is 0 Å². The highest BCUT2D eigenvalue weighted by Crippen LogP contribution is 2.30. The molecule has 2 fully saturated rings. The summed E-state index contributed by atoms with van der Waals surface area (Å²) >= 11 is 1.57. The quantitative estimate of drug-likeness (QED) is 0.400. The van der Waals surface area contributed by atoms with Gasteiger partial charge in [0, 0.05) is 54.6 Å². The van der Waals surface area contributed by atoms with Crippen molar-refractivity contribution in [3.05, 3.63) is 60.3 Å². The minimum atomic E-state index is -1.46. The second-order valence-corrected chi connectivity index (χ2v) is 10.6. The number of hydrogen-bond donors (Lipinski definition) is 2. The number of rotatable bonds is 5. The summed E-state index contributed by atoms with van der Waals surface area (Å²) in [5, 5.41) is 24.3. The molecule has 2 aromatic carbocycles. The van der Waals surface area contributed by atoms with Gasteiger partial charge in [-0.2, -0.15) is 5.10 Å². The van der Waals surface area contributed by atoms with Crippen LogP contribution in [0.1, 0.15) is 44.0 Å². The normalized spacial score (nSPS) is 18.1. The molecule has 1 aliphatic heterocycles. The van der Waals surface area contributed by atoms with Crippen molar-refractivity contribution in [2.45, 2.75) is 44.4 Å². The van der Waals surface area contributed by atoms with E-state index in [1.54, 1.807) is 23.5 Å². The van der Waals surface area contributed by atoms with Gasteiger partial charge in [-0.25, -0.2) is 9.50 Å². The van der Waals surface area contributed by atoms with Crippen LogP contribution in [0, 0.1) is 0 Å². The van der Waals surface area contributed by atoms with E-state index in [9.17, 15) is 10.2 Å². The van der Waals surface area contributed by atoms with Crippen molar-refractivity contribution in [1.82, 2.24) is 19.5 Å². The van der Waals surface area contributed by atoms with E-state index in [1.807, 2.05) is 22.8 Å². The number of nitrogens with zero attached hydrogens (tertiary/aromatic N) is 5. The summed E-state index contributed by atoms with van der Waals surface area (Å²) < 4.78 is 1.82. The zero-order valence-electron chi connectivity index (χ0n) is 19.8. The average molecular weight is 490 g/mol. The highest BCUT2D eigenvalue weighted by Gasteiger charge is 2.25. The number of aliphatic hydroxyl groups is 2. The summed E-state index contributed by atoms with van der Waals surface area (Å²) in [5.74, 6) is 0. The van der Waals surface area contributed by atoms with Crippen molar-refractivity contribution in [2.75, 3.05) is 31.1 Å². The highest BCUT2D eigenvalue weighted by molar-refractivity contribution is 7.19. The molecule has 182 valence electrons. The Hall–Kier alpha value is -2.78. The maximum absolute atomic E-state index is 9.28. The molecule has 0 atom stereocenters. The SMILES string of the molecule is OC(O)c1ccc(-c2cn3nc(-c4ccc(N5CCN(C6CCCCC6)CC5)cc4)sc3n2)cc1. The monoisotopic (exact) mass is 489 g/mol. The van der Waals surface area contributed by atoms with Gasteiger partial charge < -0.3 is 15.1 Å². The highest BCUT2D eigenvalue weighted by atomic mass is 32.1. The fraction of sp³-hybridized carbons (Fsp3) is 0.407. The van der Waals surface area contributed by atoms with Crippen molar-refractivity contribution < 1.29 is 10.2 Å². The summed E-state index contributed by atoms with van der Waals surface area (Å²) in [6.07, 6.45) is 7.44. The summed E-state index contributed by atoms with van der Waals surface area (Å²) in [6, 6.07) is 16.7. The first-order chi connectivity index (χ1) is 17.1. The molecule has 0 spiro atoms. The molecule has 3 heterocycles. The van der Waals surface area contributed by atoms with Crippen LogP contribution in [0.5, 0.6) is 0 Å². The number of anilines is 1. The molecule has 0 radical (unpaired) electrons. The second-order valence-electron chi connectivity index (χ2n) is 9.62. The Morgan fingerprint density at radius 3 is 2.17 bits per heavy atom. The Labute approximate surface area is 209 Å². The lowest BCUT2D eigenvalue weighted by molar-refractivity contribution is -0.0424. The van der Waals surface area contributed by atoms with Gasteiger partial charge >= 0.3 is 0 Å². The molecule has 8 heteroatoms. The molecule has 2 aromatic heterocycles. The number of imidazole rings is 1. The van der Waals surface area contributed by atoms with Crippen LogP contribution in [0.15, 0.2) is 54.7 Å². The van der Waals surface area contributed by atoms with E-state index in [2.05, 4.69) is 34.1 Å². The zero-order valence-corrected chi connectivity index (χ0v) is 20.6. The van der Waals surface area contributed by atoms with E-state index in [1.165, 1.54) is 50.9 Å². The number of aromatic nitrogens is 3. The molecule has 1 saturated carbocycles. The fourth-order valence-corrected chi connectivity index (χ4v) is 6.27. The predicted molar refractivity (Wildman–Crippen MR) is 140 cm³/mol. The molecule has 4 aromatic rings. The van der Waals surface area contributed by atoms with E-state index < -0.39 is 6.29 Å². The van der Waals surface area contributed by atoms with E-state index in [-0.39, 0.29) is 0 Å². The molecule has 2 N–H and O–H groups in total. The third kappa shape index (κ3) is 4.71. The Morgan fingerprint density at radius 1 is 0.829 bits per heavy atom. The molecule has 6 rings (SSSR count). The lowest BCUT2D eigenvalue weighted by Crippen LogP contribution is -2.50. The minimum absolute atomic E-state index is 0.463.